The van der Waals surface area contributed by atoms with Crippen molar-refractivity contribution in [3.63, 3.8) is 0 Å². The van der Waals surface area contributed by atoms with Gasteiger partial charge in [-0.15, -0.1) is 0 Å². The Hall–Kier alpha value is -2.46. The number of amides is 4. The van der Waals surface area contributed by atoms with E-state index in [1.165, 1.54) is 4.31 Å². The maximum Gasteiger partial charge on any atom is 0.325 e. The van der Waals surface area contributed by atoms with Gasteiger partial charge in [0.25, 0.3) is 5.91 Å². The van der Waals surface area contributed by atoms with Gasteiger partial charge in [-0.3, -0.25) is 14.5 Å². The first-order chi connectivity index (χ1) is 13.7. The normalized spacial score (nSPS) is 27.2. The van der Waals surface area contributed by atoms with Crippen molar-refractivity contribution in [2.24, 2.45) is 0 Å². The van der Waals surface area contributed by atoms with Crippen LogP contribution in [0.25, 0.3) is 0 Å². The molecule has 0 saturated carbocycles. The minimum Gasteiger partial charge on any atom is -0.350 e. The Balaban J connectivity index is 1.43. The first kappa shape index (κ1) is 19.8. The monoisotopic (exact) mass is 420 g/mol. The number of sulfonamides is 1. The molecule has 2 N–H and O–H groups in total. The molecule has 29 heavy (non-hydrogen) atoms. The SMILES string of the molecule is CS(=O)(=O)N1CCCC(NC(=O)CN2C(=O)NC3(CCc4ccccc43)C2=O)C1. The molecule has 1 aromatic carbocycles. The molecule has 156 valence electrons. The highest BCUT2D eigenvalue weighted by Crippen LogP contribution is 2.41. The van der Waals surface area contributed by atoms with Crippen LogP contribution in [0.1, 0.15) is 30.4 Å². The number of urea groups is 1. The molecule has 3 aliphatic rings. The number of imide groups is 1. The highest BCUT2D eigenvalue weighted by Gasteiger charge is 2.55. The molecule has 2 unspecified atom stereocenters. The molecule has 10 heteroatoms. The van der Waals surface area contributed by atoms with Crippen LogP contribution in [0.3, 0.4) is 0 Å². The lowest BCUT2D eigenvalue weighted by Gasteiger charge is -2.31. The topological polar surface area (TPSA) is 116 Å². The van der Waals surface area contributed by atoms with Crippen molar-refractivity contribution < 1.29 is 22.8 Å². The zero-order valence-corrected chi connectivity index (χ0v) is 17.0. The lowest BCUT2D eigenvalue weighted by Crippen LogP contribution is -2.52. The third kappa shape index (κ3) is 3.51. The number of carbonyl (C=O) groups excluding carboxylic acids is 3. The van der Waals surface area contributed by atoms with E-state index < -0.39 is 33.4 Å². The second-order valence-electron chi connectivity index (χ2n) is 7.91. The van der Waals surface area contributed by atoms with Crippen LogP contribution in [0, 0.1) is 0 Å². The summed E-state index contributed by atoms with van der Waals surface area (Å²) < 4.78 is 24.8. The molecule has 1 spiro atoms. The summed E-state index contributed by atoms with van der Waals surface area (Å²) in [6.45, 7) is 0.242. The number of hydrogen-bond acceptors (Lipinski definition) is 5. The molecule has 2 aliphatic heterocycles. The molecule has 1 aromatic rings. The fourth-order valence-electron chi connectivity index (χ4n) is 4.51. The third-order valence-corrected chi connectivity index (χ3v) is 7.21. The molecule has 1 aliphatic carbocycles. The van der Waals surface area contributed by atoms with Crippen molar-refractivity contribution in [2.75, 3.05) is 25.9 Å². The van der Waals surface area contributed by atoms with Crippen LogP contribution in [0.2, 0.25) is 0 Å². The number of carbonyl (C=O) groups is 3. The molecule has 2 heterocycles. The van der Waals surface area contributed by atoms with Crippen molar-refractivity contribution in [3.8, 4) is 0 Å². The fourth-order valence-corrected chi connectivity index (χ4v) is 5.42. The van der Waals surface area contributed by atoms with Gasteiger partial charge in [0, 0.05) is 19.1 Å². The van der Waals surface area contributed by atoms with E-state index in [0.717, 1.165) is 22.3 Å². The van der Waals surface area contributed by atoms with E-state index in [-0.39, 0.29) is 19.1 Å². The van der Waals surface area contributed by atoms with Crippen LogP contribution in [0.5, 0.6) is 0 Å². The van der Waals surface area contributed by atoms with Crippen molar-refractivity contribution in [2.45, 2.75) is 37.3 Å². The van der Waals surface area contributed by atoms with Gasteiger partial charge in [-0.25, -0.2) is 17.5 Å². The summed E-state index contributed by atoms with van der Waals surface area (Å²) in [6, 6.07) is 6.59. The van der Waals surface area contributed by atoms with E-state index in [1.54, 1.807) is 0 Å². The Labute approximate surface area is 169 Å². The van der Waals surface area contributed by atoms with Gasteiger partial charge >= 0.3 is 6.03 Å². The van der Waals surface area contributed by atoms with Gasteiger partial charge in [0.1, 0.15) is 12.1 Å². The maximum absolute atomic E-state index is 13.1. The largest absolute Gasteiger partial charge is 0.350 e. The first-order valence-corrected chi connectivity index (χ1v) is 11.5. The van der Waals surface area contributed by atoms with Crippen LogP contribution in [-0.4, -0.2) is 67.4 Å². The van der Waals surface area contributed by atoms with E-state index in [0.29, 0.717) is 32.2 Å². The molecule has 4 amide bonds. The van der Waals surface area contributed by atoms with Crippen LogP contribution in [0.15, 0.2) is 24.3 Å². The van der Waals surface area contributed by atoms with E-state index in [2.05, 4.69) is 10.6 Å². The van der Waals surface area contributed by atoms with E-state index in [9.17, 15) is 22.8 Å². The average molecular weight is 420 g/mol. The zero-order valence-electron chi connectivity index (χ0n) is 16.2. The minimum absolute atomic E-state index is 0.196. The van der Waals surface area contributed by atoms with Crippen LogP contribution in [0.4, 0.5) is 4.79 Å². The third-order valence-electron chi connectivity index (χ3n) is 5.94. The van der Waals surface area contributed by atoms with Crippen molar-refractivity contribution in [1.82, 2.24) is 19.8 Å². The first-order valence-electron chi connectivity index (χ1n) is 9.68. The van der Waals surface area contributed by atoms with Gasteiger partial charge in [-0.1, -0.05) is 24.3 Å². The number of aryl methyl sites for hydroxylation is 1. The van der Waals surface area contributed by atoms with Gasteiger partial charge in [0.05, 0.1) is 6.26 Å². The molecule has 2 atom stereocenters. The van der Waals surface area contributed by atoms with Gasteiger partial charge in [0.15, 0.2) is 0 Å². The second kappa shape index (κ2) is 7.10. The van der Waals surface area contributed by atoms with Crippen LogP contribution < -0.4 is 10.6 Å². The molecular formula is C19H24N4O5S. The summed E-state index contributed by atoms with van der Waals surface area (Å²) in [7, 11) is -3.32. The Morgan fingerprint density at radius 3 is 2.83 bits per heavy atom. The summed E-state index contributed by atoms with van der Waals surface area (Å²) in [5.74, 6) is -0.888. The summed E-state index contributed by atoms with van der Waals surface area (Å²) in [4.78, 5) is 39.0. The number of fused-ring (bicyclic) bond motifs is 2. The molecule has 0 bridgehead atoms. The summed E-state index contributed by atoms with van der Waals surface area (Å²) in [6.07, 6.45) is 3.59. The number of piperidine rings is 1. The highest BCUT2D eigenvalue weighted by atomic mass is 32.2. The highest BCUT2D eigenvalue weighted by molar-refractivity contribution is 7.88. The number of nitrogens with zero attached hydrogens (tertiary/aromatic N) is 2. The predicted molar refractivity (Wildman–Crippen MR) is 104 cm³/mol. The summed E-state index contributed by atoms with van der Waals surface area (Å²) in [5.41, 5.74) is 0.721. The molecule has 2 saturated heterocycles. The number of hydrogen-bond donors (Lipinski definition) is 2. The maximum atomic E-state index is 13.1. The number of rotatable bonds is 4. The Morgan fingerprint density at radius 1 is 1.31 bits per heavy atom. The van der Waals surface area contributed by atoms with E-state index >= 15 is 0 Å². The van der Waals surface area contributed by atoms with Gasteiger partial charge < -0.3 is 10.6 Å². The lowest BCUT2D eigenvalue weighted by atomic mass is 9.92. The Morgan fingerprint density at radius 2 is 2.07 bits per heavy atom. The quantitative estimate of drug-likeness (QED) is 0.661. The van der Waals surface area contributed by atoms with E-state index in [4.69, 9.17) is 0 Å². The molecule has 0 radical (unpaired) electrons. The standard InChI is InChI=1S/C19H24N4O5S/c1-29(27,28)22-10-4-6-14(11-22)20-16(24)12-23-17(25)19(21-18(23)26)9-8-13-5-2-3-7-15(13)19/h2-3,5,7,14H,4,6,8-12H2,1H3,(H,20,24)(H,21,26). The van der Waals surface area contributed by atoms with Crippen molar-refractivity contribution in [3.05, 3.63) is 35.4 Å². The van der Waals surface area contributed by atoms with Gasteiger partial charge in [-0.2, -0.15) is 0 Å². The zero-order chi connectivity index (χ0) is 20.8. The summed E-state index contributed by atoms with van der Waals surface area (Å²) in [5, 5.41) is 5.56. The van der Waals surface area contributed by atoms with Gasteiger partial charge in [0.2, 0.25) is 15.9 Å². The fraction of sp³-hybridized carbons (Fsp3) is 0.526. The van der Waals surface area contributed by atoms with Gasteiger partial charge in [-0.05, 0) is 36.8 Å². The van der Waals surface area contributed by atoms with Crippen LogP contribution >= 0.6 is 0 Å². The Kier molecular flexibility index (Phi) is 4.86. The van der Waals surface area contributed by atoms with Crippen molar-refractivity contribution in [1.29, 1.82) is 0 Å². The molecule has 2 fully saturated rings. The minimum atomic E-state index is -3.32. The number of nitrogens with one attached hydrogen (secondary N) is 2. The Bertz CT molecular complexity index is 979. The molecule has 4 rings (SSSR count). The lowest BCUT2D eigenvalue weighted by molar-refractivity contribution is -0.135. The smallest absolute Gasteiger partial charge is 0.325 e. The van der Waals surface area contributed by atoms with Crippen molar-refractivity contribution >= 4 is 27.9 Å². The average Bonchev–Trinajstić information content (AvgIpc) is 3.15. The predicted octanol–water partition coefficient (Wildman–Crippen LogP) is -0.0799. The number of benzene rings is 1. The summed E-state index contributed by atoms with van der Waals surface area (Å²) >= 11 is 0. The van der Waals surface area contributed by atoms with Crippen LogP contribution in [-0.2, 0) is 31.6 Å². The molecule has 9 nitrogen and oxygen atoms in total. The molecule has 0 aromatic heterocycles. The van der Waals surface area contributed by atoms with E-state index in [1.807, 2.05) is 24.3 Å². The second-order valence-corrected chi connectivity index (χ2v) is 9.89. The molecular weight excluding hydrogens is 396 g/mol.